The first-order valence-electron chi connectivity index (χ1n) is 5.65. The number of nitrogens with two attached hydrogens (primary N) is 1. The minimum atomic E-state index is 0.599. The van der Waals surface area contributed by atoms with Gasteiger partial charge in [0.1, 0.15) is 0 Å². The molecule has 1 aliphatic carbocycles. The molecule has 0 bridgehead atoms. The molecule has 5 nitrogen and oxygen atoms in total. The maximum atomic E-state index is 5.23. The Hall–Kier alpha value is -1.20. The van der Waals surface area contributed by atoms with E-state index in [1.54, 1.807) is 12.4 Å². The summed E-state index contributed by atoms with van der Waals surface area (Å²) in [4.78, 5) is 10.7. The number of hydrogen-bond donors (Lipinski definition) is 2. The molecular weight excluding hydrogens is 202 g/mol. The van der Waals surface area contributed by atoms with Gasteiger partial charge in [-0.1, -0.05) is 6.92 Å². The van der Waals surface area contributed by atoms with Crippen molar-refractivity contribution >= 4 is 5.82 Å². The quantitative estimate of drug-likeness (QED) is 0.570. The minimum absolute atomic E-state index is 0.599. The molecule has 2 atom stereocenters. The molecule has 0 aliphatic heterocycles. The van der Waals surface area contributed by atoms with Gasteiger partial charge in [-0.2, -0.15) is 0 Å². The summed E-state index contributed by atoms with van der Waals surface area (Å²) in [5.74, 6) is 7.60. The normalized spacial score (nSPS) is 23.5. The molecule has 2 rings (SSSR count). The van der Waals surface area contributed by atoms with Crippen molar-refractivity contribution in [2.45, 2.75) is 19.9 Å². The highest BCUT2D eigenvalue weighted by molar-refractivity contribution is 5.28. The maximum absolute atomic E-state index is 5.23. The smallest absolute Gasteiger partial charge is 0.158 e. The Kier molecular flexibility index (Phi) is 3.36. The third-order valence-electron chi connectivity index (χ3n) is 3.11. The molecule has 0 amide bonds. The molecule has 2 unspecified atom stereocenters. The van der Waals surface area contributed by atoms with Crippen LogP contribution >= 0.6 is 0 Å². The van der Waals surface area contributed by atoms with Crippen molar-refractivity contribution in [2.75, 3.05) is 19.0 Å². The molecule has 3 N–H and O–H groups in total. The summed E-state index contributed by atoms with van der Waals surface area (Å²) in [6.07, 6.45) is 4.79. The summed E-state index contributed by atoms with van der Waals surface area (Å²) in [6.45, 7) is 4.31. The Morgan fingerprint density at radius 1 is 1.50 bits per heavy atom. The molecule has 1 aromatic heterocycles. The number of rotatable bonds is 5. The molecule has 1 fully saturated rings. The first-order valence-corrected chi connectivity index (χ1v) is 5.65. The summed E-state index contributed by atoms with van der Waals surface area (Å²) in [6, 6.07) is 0. The van der Waals surface area contributed by atoms with Crippen LogP contribution in [0.2, 0.25) is 0 Å². The van der Waals surface area contributed by atoms with Gasteiger partial charge < -0.3 is 10.3 Å². The molecule has 1 aliphatic rings. The Morgan fingerprint density at radius 3 is 2.75 bits per heavy atom. The van der Waals surface area contributed by atoms with Crippen LogP contribution in [0.1, 0.15) is 19.0 Å². The van der Waals surface area contributed by atoms with Crippen molar-refractivity contribution in [1.29, 1.82) is 0 Å². The largest absolute Gasteiger partial charge is 0.307 e. The zero-order valence-electron chi connectivity index (χ0n) is 9.85. The van der Waals surface area contributed by atoms with E-state index in [1.807, 2.05) is 0 Å². The topological polar surface area (TPSA) is 67.1 Å². The van der Waals surface area contributed by atoms with E-state index in [2.05, 4.69) is 34.3 Å². The number of hydrazine groups is 1. The monoisotopic (exact) mass is 221 g/mol. The van der Waals surface area contributed by atoms with Crippen molar-refractivity contribution in [3.05, 3.63) is 18.1 Å². The van der Waals surface area contributed by atoms with Crippen LogP contribution in [0.3, 0.4) is 0 Å². The number of aromatic nitrogens is 2. The summed E-state index contributed by atoms with van der Waals surface area (Å²) < 4.78 is 0. The number of hydrogen-bond acceptors (Lipinski definition) is 5. The fourth-order valence-electron chi connectivity index (χ4n) is 1.91. The highest BCUT2D eigenvalue weighted by atomic mass is 15.3. The van der Waals surface area contributed by atoms with E-state index in [-0.39, 0.29) is 0 Å². The molecule has 0 radical (unpaired) electrons. The lowest BCUT2D eigenvalue weighted by atomic mass is 10.3. The first kappa shape index (κ1) is 11.3. The van der Waals surface area contributed by atoms with Crippen molar-refractivity contribution < 1.29 is 0 Å². The van der Waals surface area contributed by atoms with Crippen molar-refractivity contribution in [1.82, 2.24) is 14.9 Å². The standard InChI is InChI=1S/C11H19N5/c1-8-3-9(8)6-16(2)7-10-4-14-11(15-12)5-13-10/h4-5,8-9H,3,6-7,12H2,1-2H3,(H,14,15). The average molecular weight is 221 g/mol. The third-order valence-corrected chi connectivity index (χ3v) is 3.11. The van der Waals surface area contributed by atoms with Crippen LogP contribution in [0.25, 0.3) is 0 Å². The number of nitrogens with zero attached hydrogens (tertiary/aromatic N) is 3. The Labute approximate surface area is 96.0 Å². The van der Waals surface area contributed by atoms with Crippen molar-refractivity contribution in [3.8, 4) is 0 Å². The van der Waals surface area contributed by atoms with Crippen molar-refractivity contribution in [2.24, 2.45) is 17.7 Å². The molecule has 1 heterocycles. The Bertz CT molecular complexity index is 337. The van der Waals surface area contributed by atoms with E-state index >= 15 is 0 Å². The highest BCUT2D eigenvalue weighted by Gasteiger charge is 2.32. The summed E-state index contributed by atoms with van der Waals surface area (Å²) >= 11 is 0. The van der Waals surface area contributed by atoms with E-state index in [4.69, 9.17) is 5.84 Å². The van der Waals surface area contributed by atoms with E-state index in [9.17, 15) is 0 Å². The van der Waals surface area contributed by atoms with Crippen LogP contribution in [-0.4, -0.2) is 28.5 Å². The Balaban J connectivity index is 1.83. The van der Waals surface area contributed by atoms with Gasteiger partial charge in [0, 0.05) is 13.1 Å². The first-order chi connectivity index (χ1) is 7.69. The lowest BCUT2D eigenvalue weighted by Gasteiger charge is -2.15. The van der Waals surface area contributed by atoms with Crippen molar-refractivity contribution in [3.63, 3.8) is 0 Å². The lowest BCUT2D eigenvalue weighted by molar-refractivity contribution is 0.303. The number of anilines is 1. The van der Waals surface area contributed by atoms with Gasteiger partial charge in [0.05, 0.1) is 18.1 Å². The molecule has 16 heavy (non-hydrogen) atoms. The van der Waals surface area contributed by atoms with Gasteiger partial charge in [0.15, 0.2) is 5.82 Å². The van der Waals surface area contributed by atoms with Gasteiger partial charge in [-0.05, 0) is 25.3 Å². The van der Waals surface area contributed by atoms with Gasteiger partial charge in [-0.3, -0.25) is 4.98 Å². The molecular formula is C11H19N5. The van der Waals surface area contributed by atoms with Gasteiger partial charge in [-0.15, -0.1) is 0 Å². The van der Waals surface area contributed by atoms with E-state index in [0.29, 0.717) is 5.82 Å². The third kappa shape index (κ3) is 2.90. The second-order valence-electron chi connectivity index (χ2n) is 4.71. The number of nitrogen functional groups attached to an aromatic ring is 1. The van der Waals surface area contributed by atoms with E-state index in [0.717, 1.165) is 30.6 Å². The molecule has 1 aromatic rings. The zero-order valence-corrected chi connectivity index (χ0v) is 9.85. The highest BCUT2D eigenvalue weighted by Crippen LogP contribution is 2.38. The van der Waals surface area contributed by atoms with E-state index in [1.165, 1.54) is 6.42 Å². The molecule has 0 aromatic carbocycles. The SMILES string of the molecule is CC1CC1CN(C)Cc1cnc(NN)cn1. The average Bonchev–Trinajstić information content (AvgIpc) is 2.95. The predicted molar refractivity (Wildman–Crippen MR) is 63.4 cm³/mol. The fraction of sp³-hybridized carbons (Fsp3) is 0.636. The lowest BCUT2D eigenvalue weighted by Crippen LogP contribution is -2.21. The minimum Gasteiger partial charge on any atom is -0.307 e. The molecule has 88 valence electrons. The van der Waals surface area contributed by atoms with Crippen LogP contribution in [0.15, 0.2) is 12.4 Å². The molecule has 0 saturated heterocycles. The summed E-state index contributed by atoms with van der Waals surface area (Å²) in [5.41, 5.74) is 3.45. The van der Waals surface area contributed by atoms with Crippen LogP contribution in [0.4, 0.5) is 5.82 Å². The van der Waals surface area contributed by atoms with Crippen LogP contribution < -0.4 is 11.3 Å². The van der Waals surface area contributed by atoms with Gasteiger partial charge in [0.2, 0.25) is 0 Å². The molecule has 5 heteroatoms. The van der Waals surface area contributed by atoms with Gasteiger partial charge in [0.25, 0.3) is 0 Å². The van der Waals surface area contributed by atoms with Crippen LogP contribution in [0, 0.1) is 11.8 Å². The van der Waals surface area contributed by atoms with Gasteiger partial charge >= 0.3 is 0 Å². The Morgan fingerprint density at radius 2 is 2.25 bits per heavy atom. The number of nitrogens with one attached hydrogen (secondary N) is 1. The second kappa shape index (κ2) is 4.76. The zero-order chi connectivity index (χ0) is 11.5. The molecule has 1 saturated carbocycles. The second-order valence-corrected chi connectivity index (χ2v) is 4.71. The van der Waals surface area contributed by atoms with Gasteiger partial charge in [-0.25, -0.2) is 10.8 Å². The maximum Gasteiger partial charge on any atom is 0.158 e. The molecule has 0 spiro atoms. The summed E-state index contributed by atoms with van der Waals surface area (Å²) in [7, 11) is 2.13. The summed E-state index contributed by atoms with van der Waals surface area (Å²) in [5, 5.41) is 0. The van der Waals surface area contributed by atoms with E-state index < -0.39 is 0 Å². The van der Waals surface area contributed by atoms with Crippen LogP contribution in [-0.2, 0) is 6.54 Å². The fourth-order valence-corrected chi connectivity index (χ4v) is 1.91. The predicted octanol–water partition coefficient (Wildman–Crippen LogP) is 0.850. The van der Waals surface area contributed by atoms with Crippen LogP contribution in [0.5, 0.6) is 0 Å².